The zero-order valence-electron chi connectivity index (χ0n) is 15.0. The highest BCUT2D eigenvalue weighted by Crippen LogP contribution is 2.26. The molecule has 1 aliphatic rings. The van der Waals surface area contributed by atoms with Crippen molar-refractivity contribution in [2.45, 2.75) is 26.1 Å². The van der Waals surface area contributed by atoms with Gasteiger partial charge in [-0.3, -0.25) is 4.79 Å². The molecule has 1 aliphatic heterocycles. The summed E-state index contributed by atoms with van der Waals surface area (Å²) in [5, 5.41) is 0. The average molecular weight is 341 g/mol. The summed E-state index contributed by atoms with van der Waals surface area (Å²) in [5.41, 5.74) is 2.22. The number of carbonyl (C=O) groups is 1. The topological polar surface area (TPSA) is 71.5 Å². The summed E-state index contributed by atoms with van der Waals surface area (Å²) in [4.78, 5) is 28.7. The number of hydrogen-bond donors (Lipinski definition) is 0. The number of aromatic nitrogens is 3. The van der Waals surface area contributed by atoms with Crippen LogP contribution in [-0.2, 0) is 4.74 Å². The molecule has 0 aromatic carbocycles. The predicted molar refractivity (Wildman–Crippen MR) is 97.2 cm³/mol. The first kappa shape index (κ1) is 17.3. The fourth-order valence-electron chi connectivity index (χ4n) is 3.04. The number of anilines is 2. The number of ether oxygens (including phenoxy) is 1. The molecule has 0 spiro atoms. The van der Waals surface area contributed by atoms with E-state index in [-0.39, 0.29) is 12.2 Å². The van der Waals surface area contributed by atoms with Gasteiger partial charge < -0.3 is 14.5 Å². The van der Waals surface area contributed by atoms with E-state index in [0.29, 0.717) is 17.3 Å². The third-order valence-corrected chi connectivity index (χ3v) is 4.11. The van der Waals surface area contributed by atoms with Crippen molar-refractivity contribution < 1.29 is 9.53 Å². The monoisotopic (exact) mass is 341 g/mol. The quantitative estimate of drug-likeness (QED) is 0.788. The van der Waals surface area contributed by atoms with Crippen LogP contribution >= 0.6 is 0 Å². The van der Waals surface area contributed by atoms with E-state index in [1.54, 1.807) is 18.6 Å². The van der Waals surface area contributed by atoms with Crippen LogP contribution in [0.5, 0.6) is 0 Å². The van der Waals surface area contributed by atoms with Gasteiger partial charge in [0.2, 0.25) is 5.95 Å². The van der Waals surface area contributed by atoms with Gasteiger partial charge in [0.1, 0.15) is 5.82 Å². The van der Waals surface area contributed by atoms with Crippen LogP contribution in [0.3, 0.4) is 0 Å². The molecular formula is C18H23N5O2. The van der Waals surface area contributed by atoms with Gasteiger partial charge in [0.25, 0.3) is 0 Å². The third kappa shape index (κ3) is 3.76. The van der Waals surface area contributed by atoms with Gasteiger partial charge in [-0.1, -0.05) is 0 Å². The molecule has 2 unspecified atom stereocenters. The lowest BCUT2D eigenvalue weighted by Crippen LogP contribution is -2.46. The minimum absolute atomic E-state index is 0.108. The molecule has 0 radical (unpaired) electrons. The number of rotatable bonds is 4. The summed E-state index contributed by atoms with van der Waals surface area (Å²) in [5.74, 6) is 1.34. The van der Waals surface area contributed by atoms with Gasteiger partial charge >= 0.3 is 0 Å². The first-order valence-electron chi connectivity index (χ1n) is 8.33. The number of morpholine rings is 1. The molecule has 2 aromatic heterocycles. The van der Waals surface area contributed by atoms with Crippen LogP contribution in [0.15, 0.2) is 24.7 Å². The summed E-state index contributed by atoms with van der Waals surface area (Å²) in [7, 11) is 3.78. The Bertz CT molecular complexity index is 738. The highest BCUT2D eigenvalue weighted by Gasteiger charge is 2.25. The molecule has 0 amide bonds. The van der Waals surface area contributed by atoms with Gasteiger partial charge in [0.15, 0.2) is 6.29 Å². The molecule has 0 bridgehead atoms. The maximum atomic E-state index is 11.6. The van der Waals surface area contributed by atoms with Crippen molar-refractivity contribution in [3.05, 3.63) is 30.2 Å². The van der Waals surface area contributed by atoms with Crippen LogP contribution in [0.25, 0.3) is 11.1 Å². The number of aldehydes is 1. The van der Waals surface area contributed by atoms with Gasteiger partial charge in [-0.15, -0.1) is 0 Å². The Morgan fingerprint density at radius 2 is 1.68 bits per heavy atom. The molecule has 3 rings (SSSR count). The van der Waals surface area contributed by atoms with Crippen LogP contribution in [0.2, 0.25) is 0 Å². The number of hydrogen-bond acceptors (Lipinski definition) is 7. The molecule has 25 heavy (non-hydrogen) atoms. The molecule has 2 atom stereocenters. The summed E-state index contributed by atoms with van der Waals surface area (Å²) >= 11 is 0. The molecule has 0 N–H and O–H groups in total. The number of nitrogens with zero attached hydrogens (tertiary/aromatic N) is 5. The van der Waals surface area contributed by atoms with Gasteiger partial charge in [0, 0.05) is 56.9 Å². The maximum Gasteiger partial charge on any atom is 0.224 e. The zero-order valence-corrected chi connectivity index (χ0v) is 15.0. The lowest BCUT2D eigenvalue weighted by molar-refractivity contribution is -0.00549. The number of carbonyl (C=O) groups excluding carboxylic acids is 1. The Kier molecular flexibility index (Phi) is 4.94. The molecule has 2 aromatic rings. The zero-order chi connectivity index (χ0) is 18.0. The lowest BCUT2D eigenvalue weighted by Gasteiger charge is -2.36. The van der Waals surface area contributed by atoms with E-state index in [4.69, 9.17) is 4.74 Å². The Morgan fingerprint density at radius 3 is 2.24 bits per heavy atom. The van der Waals surface area contributed by atoms with Crippen molar-refractivity contribution in [3.8, 4) is 11.1 Å². The summed E-state index contributed by atoms with van der Waals surface area (Å²) in [6.45, 7) is 5.50. The third-order valence-electron chi connectivity index (χ3n) is 4.11. The van der Waals surface area contributed by atoms with Crippen molar-refractivity contribution in [2.75, 3.05) is 37.0 Å². The van der Waals surface area contributed by atoms with E-state index in [9.17, 15) is 4.79 Å². The van der Waals surface area contributed by atoms with Gasteiger partial charge in [-0.25, -0.2) is 15.0 Å². The van der Waals surface area contributed by atoms with E-state index < -0.39 is 0 Å². The Balaban J connectivity index is 1.90. The molecular weight excluding hydrogens is 318 g/mol. The fraction of sp³-hybridized carbons (Fsp3) is 0.444. The van der Waals surface area contributed by atoms with Crippen LogP contribution in [0.4, 0.5) is 11.8 Å². The second-order valence-electron chi connectivity index (χ2n) is 6.58. The highest BCUT2D eigenvalue weighted by atomic mass is 16.5. The van der Waals surface area contributed by atoms with Crippen molar-refractivity contribution in [1.82, 2.24) is 15.0 Å². The predicted octanol–water partition coefficient (Wildman–Crippen LogP) is 2.03. The molecule has 1 fully saturated rings. The molecule has 7 heteroatoms. The largest absolute Gasteiger partial charge is 0.372 e. The molecule has 3 heterocycles. The van der Waals surface area contributed by atoms with Gasteiger partial charge in [0.05, 0.1) is 17.8 Å². The number of pyridine rings is 1. The SMILES string of the molecule is CC1CN(c2ncc(-c3cnc(N(C)C)nc3)cc2C=O)CC(C)O1. The smallest absolute Gasteiger partial charge is 0.224 e. The van der Waals surface area contributed by atoms with Crippen LogP contribution in [-0.4, -0.2) is 60.6 Å². The summed E-state index contributed by atoms with van der Waals surface area (Å²) in [6, 6.07) is 1.84. The van der Waals surface area contributed by atoms with E-state index >= 15 is 0 Å². The van der Waals surface area contributed by atoms with Gasteiger partial charge in [-0.2, -0.15) is 0 Å². The van der Waals surface area contributed by atoms with E-state index in [2.05, 4.69) is 19.9 Å². The van der Waals surface area contributed by atoms with Crippen molar-refractivity contribution >= 4 is 18.1 Å². The first-order chi connectivity index (χ1) is 12.0. The molecule has 7 nitrogen and oxygen atoms in total. The first-order valence-corrected chi connectivity index (χ1v) is 8.33. The minimum Gasteiger partial charge on any atom is -0.372 e. The van der Waals surface area contributed by atoms with Crippen molar-refractivity contribution in [3.63, 3.8) is 0 Å². The lowest BCUT2D eigenvalue weighted by atomic mass is 10.1. The second-order valence-corrected chi connectivity index (χ2v) is 6.58. The van der Waals surface area contributed by atoms with Crippen molar-refractivity contribution in [2.24, 2.45) is 0 Å². The Morgan fingerprint density at radius 1 is 1.08 bits per heavy atom. The van der Waals surface area contributed by atoms with Gasteiger partial charge in [-0.05, 0) is 19.9 Å². The van der Waals surface area contributed by atoms with E-state index in [1.807, 2.05) is 38.9 Å². The standard InChI is InChI=1S/C18H23N5O2/c1-12-9-23(10-13(2)25-12)17-15(11-24)5-14(6-19-17)16-7-20-18(21-8-16)22(3)4/h5-8,11-13H,9-10H2,1-4H3. The van der Waals surface area contributed by atoms with E-state index in [1.165, 1.54) is 0 Å². The molecule has 132 valence electrons. The van der Waals surface area contributed by atoms with Crippen LogP contribution < -0.4 is 9.80 Å². The molecule has 0 saturated carbocycles. The van der Waals surface area contributed by atoms with Crippen LogP contribution in [0.1, 0.15) is 24.2 Å². The van der Waals surface area contributed by atoms with Crippen LogP contribution in [0, 0.1) is 0 Å². The molecule has 0 aliphatic carbocycles. The van der Waals surface area contributed by atoms with Crippen molar-refractivity contribution in [1.29, 1.82) is 0 Å². The normalized spacial score (nSPS) is 20.4. The maximum absolute atomic E-state index is 11.6. The Labute approximate surface area is 147 Å². The summed E-state index contributed by atoms with van der Waals surface area (Å²) in [6.07, 6.45) is 6.32. The fourth-order valence-corrected chi connectivity index (χ4v) is 3.04. The average Bonchev–Trinajstić information content (AvgIpc) is 2.60. The summed E-state index contributed by atoms with van der Waals surface area (Å²) < 4.78 is 5.76. The van der Waals surface area contributed by atoms with E-state index in [0.717, 1.165) is 30.5 Å². The second kappa shape index (κ2) is 7.14. The minimum atomic E-state index is 0.108. The Hall–Kier alpha value is -2.54. The molecule has 1 saturated heterocycles. The highest BCUT2D eigenvalue weighted by molar-refractivity contribution is 5.85.